The fourth-order valence-electron chi connectivity index (χ4n) is 0.340. The number of allylic oxidation sites excluding steroid dienone is 4. The molecule has 0 saturated heterocycles. The number of nitrogens with one attached hydrogen (secondary N) is 3. The Kier molecular flexibility index (Phi) is 47.4. The van der Waals surface area contributed by atoms with Crippen LogP contribution in [0.4, 0.5) is 3.50 Å². The van der Waals surface area contributed by atoms with E-state index >= 15 is 0 Å². The van der Waals surface area contributed by atoms with Crippen molar-refractivity contribution < 1.29 is 29.7 Å². The molecule has 3 N–H and O–H groups in total. The van der Waals surface area contributed by atoms with Crippen molar-refractivity contribution in [1.82, 2.24) is 0 Å². The summed E-state index contributed by atoms with van der Waals surface area (Å²) in [6, 6.07) is 0. The van der Waals surface area contributed by atoms with Crippen LogP contribution in [0.5, 0.6) is 0 Å². The van der Waals surface area contributed by atoms with Crippen LogP contribution in [0.3, 0.4) is 0 Å². The maximum atomic E-state index is 11.2. The predicted octanol–water partition coefficient (Wildman–Crippen LogP) is 7.59. The number of rotatable bonds is 3. The van der Waals surface area contributed by atoms with Gasteiger partial charge in [-0.15, -0.1) is 26.1 Å². The molecule has 0 atom stereocenters. The Morgan fingerprint density at radius 1 is 0.880 bits per heavy atom. The second kappa shape index (κ2) is 32.4. The fraction of sp³-hybridized carbons (Fsp3) is 0.789. The van der Waals surface area contributed by atoms with Crippen LogP contribution in [0.1, 0.15) is 48.0 Å². The van der Waals surface area contributed by atoms with Gasteiger partial charge >= 0.3 is 56.0 Å². The molecule has 0 unspecified atom stereocenters. The van der Waals surface area contributed by atoms with Gasteiger partial charge in [0.1, 0.15) is 0 Å². The Hall–Kier alpha value is 0.716. The van der Waals surface area contributed by atoms with Gasteiger partial charge in [-0.3, -0.25) is 6.08 Å². The number of hydrogen-bond acceptors (Lipinski definition) is 0. The molecule has 1 radical (unpaired) electrons. The first kappa shape index (κ1) is 36.6. The topological polar surface area (TPSA) is 71.4 Å². The molecule has 0 aromatic heterocycles. The fourth-order valence-corrected chi connectivity index (χ4v) is 0.340. The summed E-state index contributed by atoms with van der Waals surface area (Å²) in [6.45, 7) is 13.9. The third kappa shape index (κ3) is 92.9. The first-order valence-electron chi connectivity index (χ1n) is 8.66. The smallest absolute Gasteiger partial charge is 4.00 e. The normalized spacial score (nSPS) is 10.7. The molecule has 0 amide bonds. The molecule has 25 heavy (non-hydrogen) atoms. The van der Waals surface area contributed by atoms with Crippen molar-refractivity contribution in [2.75, 3.05) is 19.6 Å². The Morgan fingerprint density at radius 3 is 1.16 bits per heavy atom. The van der Waals surface area contributed by atoms with Gasteiger partial charge in [-0.1, -0.05) is 59.3 Å². The predicted molar refractivity (Wildman–Crippen MR) is 112 cm³/mol. The van der Waals surface area contributed by atoms with Gasteiger partial charge in [-0.25, -0.2) is 12.2 Å². The van der Waals surface area contributed by atoms with E-state index in [0.29, 0.717) is 37.4 Å². The zero-order valence-electron chi connectivity index (χ0n) is 17.7. The van der Waals surface area contributed by atoms with Gasteiger partial charge in [0.25, 0.3) is 0 Å². The molecule has 147 valence electrons. The van der Waals surface area contributed by atoms with Gasteiger partial charge in [-0.05, 0) is 0 Å². The summed E-state index contributed by atoms with van der Waals surface area (Å²) in [5.41, 5.74) is 20.0. The van der Waals surface area contributed by atoms with Crippen LogP contribution in [-0.4, -0.2) is 34.4 Å². The van der Waals surface area contributed by atoms with E-state index in [0.717, 1.165) is 6.42 Å². The average molecular weight is 494 g/mol. The summed E-state index contributed by atoms with van der Waals surface area (Å²) in [5.74, 6) is 4.99. The monoisotopic (exact) mass is 494 g/mol. The van der Waals surface area contributed by atoms with Crippen LogP contribution >= 0.6 is 0 Å². The van der Waals surface area contributed by atoms with Gasteiger partial charge in [0, 0.05) is 0 Å². The van der Waals surface area contributed by atoms with E-state index in [9.17, 15) is 3.50 Å². The molecule has 1 rings (SSSR count). The van der Waals surface area contributed by atoms with Crippen molar-refractivity contribution in [2.24, 2.45) is 17.8 Å². The quantitative estimate of drug-likeness (QED) is 0.286. The van der Waals surface area contributed by atoms with Crippen molar-refractivity contribution in [3.8, 4) is 0 Å². The molecule has 3 nitrogen and oxygen atoms in total. The largest absolute Gasteiger partial charge is 4.00 e. The molecule has 6 heteroatoms. The molecular weight excluding hydrogens is 453 g/mol. The number of hydrogen-bond donors (Lipinski definition) is 0. The maximum absolute atomic E-state index is 11.2. The minimum atomic E-state index is -1.83. The van der Waals surface area contributed by atoms with Crippen LogP contribution in [-0.2, 0) is 26.2 Å². The molecule has 0 heterocycles. The standard InChI is InChI=1S/C5H5.3C4H10N.C2H6FGe.Zr/c1-2-4-5-3-1;3*1-4(2)3-5;1-4(2)3;/h1-3H,4H2;3*4-5H,3H2,1-2H3;1-2H3;/q4*-1;;+4. The van der Waals surface area contributed by atoms with E-state index in [4.69, 9.17) is 17.2 Å². The Bertz CT molecular complexity index is 227. The van der Waals surface area contributed by atoms with Gasteiger partial charge in [0.05, 0.1) is 0 Å². The van der Waals surface area contributed by atoms with E-state index in [2.05, 4.69) is 12.2 Å². The van der Waals surface area contributed by atoms with E-state index in [1.54, 1.807) is 11.5 Å². The van der Waals surface area contributed by atoms with Gasteiger partial charge in [-0.2, -0.15) is 6.08 Å². The first-order chi connectivity index (χ1) is 11.0. The summed E-state index contributed by atoms with van der Waals surface area (Å²) in [7, 11) is 0. The van der Waals surface area contributed by atoms with Crippen LogP contribution in [0.25, 0.3) is 17.2 Å². The minimum Gasteiger partial charge on any atom is 4.00 e. The maximum Gasteiger partial charge on any atom is 4.00 e. The van der Waals surface area contributed by atoms with E-state index in [1.165, 1.54) is 0 Å². The molecule has 0 aliphatic heterocycles. The average Bonchev–Trinajstić information content (AvgIpc) is 3.07. The molecule has 1 aliphatic carbocycles. The third-order valence-electron chi connectivity index (χ3n) is 1.81. The van der Waals surface area contributed by atoms with Crippen molar-refractivity contribution >= 4 is 14.8 Å². The molecule has 0 saturated carbocycles. The molecule has 1 aliphatic rings. The molecule has 0 aromatic rings. The zero-order chi connectivity index (χ0) is 20.0. The van der Waals surface area contributed by atoms with Crippen molar-refractivity contribution in [2.45, 2.75) is 59.5 Å². The Morgan fingerprint density at radius 2 is 1.12 bits per heavy atom. The van der Waals surface area contributed by atoms with Crippen molar-refractivity contribution in [3.05, 3.63) is 41.5 Å². The Balaban J connectivity index is -0.0000000662. The SMILES string of the molecule is CC(C)C[NH-].CC(C)C[NH-].CC(C)C[NH-].[C-]1=CC=CC1.[CH3][Ge]([CH3])[F].[Zr+4]. The molecule has 0 spiro atoms. The van der Waals surface area contributed by atoms with Crippen LogP contribution in [0.15, 0.2) is 18.2 Å². The van der Waals surface area contributed by atoms with E-state index in [1.807, 2.05) is 53.7 Å². The molecule has 0 bridgehead atoms. The second-order valence-electron chi connectivity index (χ2n) is 6.67. The minimum absolute atomic E-state index is 0. The van der Waals surface area contributed by atoms with E-state index in [-0.39, 0.29) is 26.2 Å². The van der Waals surface area contributed by atoms with Crippen molar-refractivity contribution in [3.63, 3.8) is 0 Å². The summed E-state index contributed by atoms with van der Waals surface area (Å²) in [6.07, 6.45) is 10.0. The molecule has 0 fully saturated rings. The summed E-state index contributed by atoms with van der Waals surface area (Å²) in [5, 5.41) is 0. The van der Waals surface area contributed by atoms with Gasteiger partial charge in [0.2, 0.25) is 0 Å². The van der Waals surface area contributed by atoms with Gasteiger partial charge in [0.15, 0.2) is 0 Å². The zero-order valence-corrected chi connectivity index (χ0v) is 22.2. The van der Waals surface area contributed by atoms with Crippen LogP contribution in [0, 0.1) is 23.8 Å². The summed E-state index contributed by atoms with van der Waals surface area (Å²) in [4.78, 5) is 0. The summed E-state index contributed by atoms with van der Waals surface area (Å²) >= 11 is -1.83. The van der Waals surface area contributed by atoms with Crippen LogP contribution in [0.2, 0.25) is 11.5 Å². The van der Waals surface area contributed by atoms with Crippen LogP contribution < -0.4 is 0 Å². The van der Waals surface area contributed by atoms with Crippen molar-refractivity contribution in [1.29, 1.82) is 0 Å². The van der Waals surface area contributed by atoms with E-state index < -0.39 is 14.8 Å². The number of halogens is 1. The first-order valence-corrected chi connectivity index (χ1v) is 13.6. The van der Waals surface area contributed by atoms with Gasteiger partial charge < -0.3 is 17.2 Å². The Labute approximate surface area is 182 Å². The molecular formula is C19H41FGeN3Zr. The summed E-state index contributed by atoms with van der Waals surface area (Å²) < 4.78 is 11.2. The second-order valence-corrected chi connectivity index (χ2v) is 10.4. The molecule has 0 aromatic carbocycles. The third-order valence-corrected chi connectivity index (χ3v) is 1.81.